The Morgan fingerprint density at radius 1 is 1.11 bits per heavy atom. The van der Waals surface area contributed by atoms with Gasteiger partial charge in [0.25, 0.3) is 0 Å². The maximum atomic E-state index is 11.3. The molecule has 0 amide bonds. The predicted octanol–water partition coefficient (Wildman–Crippen LogP) is 3.51. The number of rotatable bonds is 5. The quantitative estimate of drug-likeness (QED) is 0.879. The number of carboxylic acids is 1. The summed E-state index contributed by atoms with van der Waals surface area (Å²) in [5.41, 5.74) is 3.94. The number of nitrogens with zero attached hydrogens (tertiary/aromatic N) is 3. The molecule has 0 bridgehead atoms. The van der Waals surface area contributed by atoms with Gasteiger partial charge >= 0.3 is 5.97 Å². The van der Waals surface area contributed by atoms with E-state index in [1.165, 1.54) is 16.8 Å². The Kier molecular flexibility index (Phi) is 5.39. The van der Waals surface area contributed by atoms with Gasteiger partial charge in [-0.2, -0.15) is 0 Å². The molecule has 1 unspecified atom stereocenters. The van der Waals surface area contributed by atoms with Crippen LogP contribution in [-0.4, -0.2) is 47.1 Å². The standard InChI is InChI=1S/C22H27N3O2/c26-22(27)19-8-4-13-24(16-19)14-5-15-25-20-9-2-1-6-17(20)10-11-18-7-3-12-23-21(18)25/h1-3,6-7,9,12,19H,4-5,8,10-11,13-16H2,(H,26,27). The fraction of sp³-hybridized carbons (Fsp3) is 0.455. The highest BCUT2D eigenvalue weighted by atomic mass is 16.4. The van der Waals surface area contributed by atoms with Crippen LogP contribution >= 0.6 is 0 Å². The van der Waals surface area contributed by atoms with E-state index >= 15 is 0 Å². The van der Waals surface area contributed by atoms with Gasteiger partial charge in [0.2, 0.25) is 0 Å². The van der Waals surface area contributed by atoms with Gasteiger partial charge in [0.1, 0.15) is 5.82 Å². The monoisotopic (exact) mass is 365 g/mol. The van der Waals surface area contributed by atoms with Gasteiger partial charge in [0.05, 0.1) is 5.92 Å². The van der Waals surface area contributed by atoms with Crippen LogP contribution in [0.1, 0.15) is 30.4 Å². The second-order valence-electron chi connectivity index (χ2n) is 7.60. The van der Waals surface area contributed by atoms with Gasteiger partial charge in [-0.15, -0.1) is 0 Å². The summed E-state index contributed by atoms with van der Waals surface area (Å²) in [6.07, 6.45) is 6.72. The van der Waals surface area contributed by atoms with Crippen LogP contribution in [0, 0.1) is 5.92 Å². The molecule has 1 aromatic heterocycles. The smallest absolute Gasteiger partial charge is 0.307 e. The molecule has 1 atom stereocenters. The third-order valence-corrected chi connectivity index (χ3v) is 5.78. The van der Waals surface area contributed by atoms with Crippen LogP contribution in [0.3, 0.4) is 0 Å². The van der Waals surface area contributed by atoms with Crippen molar-refractivity contribution in [2.24, 2.45) is 5.92 Å². The molecular formula is C22H27N3O2. The number of anilines is 2. The lowest BCUT2D eigenvalue weighted by Gasteiger charge is -2.32. The first-order valence-electron chi connectivity index (χ1n) is 9.97. The van der Waals surface area contributed by atoms with Gasteiger partial charge < -0.3 is 14.9 Å². The van der Waals surface area contributed by atoms with Crippen LogP contribution < -0.4 is 4.90 Å². The lowest BCUT2D eigenvalue weighted by Crippen LogP contribution is -2.39. The zero-order valence-corrected chi connectivity index (χ0v) is 15.7. The zero-order chi connectivity index (χ0) is 18.6. The molecule has 5 nitrogen and oxygen atoms in total. The van der Waals surface area contributed by atoms with Crippen molar-refractivity contribution in [1.82, 2.24) is 9.88 Å². The van der Waals surface area contributed by atoms with Crippen LogP contribution in [0.15, 0.2) is 42.6 Å². The fourth-order valence-electron chi connectivity index (χ4n) is 4.38. The number of pyridine rings is 1. The Hall–Kier alpha value is -2.40. The molecule has 0 saturated carbocycles. The van der Waals surface area contributed by atoms with Crippen molar-refractivity contribution in [2.45, 2.75) is 32.1 Å². The van der Waals surface area contributed by atoms with Crippen molar-refractivity contribution in [1.29, 1.82) is 0 Å². The highest BCUT2D eigenvalue weighted by Crippen LogP contribution is 2.34. The number of likely N-dealkylation sites (tertiary alicyclic amines) is 1. The molecule has 0 spiro atoms. The molecule has 1 N–H and O–H groups in total. The summed E-state index contributed by atoms with van der Waals surface area (Å²) in [7, 11) is 0. The number of hydrogen-bond acceptors (Lipinski definition) is 4. The van der Waals surface area contributed by atoms with E-state index in [1.807, 2.05) is 12.3 Å². The molecule has 1 aromatic carbocycles. The van der Waals surface area contributed by atoms with E-state index in [-0.39, 0.29) is 5.92 Å². The maximum Gasteiger partial charge on any atom is 0.307 e. The van der Waals surface area contributed by atoms with Gasteiger partial charge in [0.15, 0.2) is 0 Å². The number of hydrogen-bond donors (Lipinski definition) is 1. The van der Waals surface area contributed by atoms with Crippen molar-refractivity contribution >= 4 is 17.5 Å². The highest BCUT2D eigenvalue weighted by molar-refractivity contribution is 5.70. The molecule has 4 rings (SSSR count). The summed E-state index contributed by atoms with van der Waals surface area (Å²) < 4.78 is 0. The van der Waals surface area contributed by atoms with Crippen molar-refractivity contribution in [3.8, 4) is 0 Å². The summed E-state index contributed by atoms with van der Waals surface area (Å²) in [4.78, 5) is 20.7. The molecule has 142 valence electrons. The van der Waals surface area contributed by atoms with Crippen molar-refractivity contribution < 1.29 is 9.90 Å². The van der Waals surface area contributed by atoms with E-state index < -0.39 is 5.97 Å². The van der Waals surface area contributed by atoms with Gasteiger partial charge in [-0.25, -0.2) is 4.98 Å². The number of aromatic nitrogens is 1. The molecule has 1 fully saturated rings. The van der Waals surface area contributed by atoms with Crippen LogP contribution in [0.25, 0.3) is 0 Å². The Labute approximate surface area is 160 Å². The van der Waals surface area contributed by atoms with Crippen LogP contribution in [-0.2, 0) is 17.6 Å². The first-order chi connectivity index (χ1) is 13.2. The molecule has 0 aliphatic carbocycles. The fourth-order valence-corrected chi connectivity index (χ4v) is 4.38. The SMILES string of the molecule is O=C(O)C1CCCN(CCCN2c3ccccc3CCc3cccnc32)C1. The largest absolute Gasteiger partial charge is 0.481 e. The Bertz CT molecular complexity index is 760. The van der Waals surface area contributed by atoms with E-state index in [1.54, 1.807) is 0 Å². The number of benzene rings is 1. The average molecular weight is 365 g/mol. The van der Waals surface area contributed by atoms with E-state index in [4.69, 9.17) is 4.98 Å². The number of fused-ring (bicyclic) bond motifs is 2. The zero-order valence-electron chi connectivity index (χ0n) is 15.7. The van der Waals surface area contributed by atoms with Crippen molar-refractivity contribution in [3.05, 3.63) is 53.7 Å². The number of carbonyl (C=O) groups is 1. The van der Waals surface area contributed by atoms with E-state index in [0.717, 1.165) is 57.6 Å². The normalized spacial score (nSPS) is 19.9. The number of aryl methyl sites for hydroxylation is 2. The topological polar surface area (TPSA) is 56.7 Å². The highest BCUT2D eigenvalue weighted by Gasteiger charge is 2.26. The predicted molar refractivity (Wildman–Crippen MR) is 107 cm³/mol. The van der Waals surface area contributed by atoms with E-state index in [2.05, 4.69) is 40.1 Å². The lowest BCUT2D eigenvalue weighted by atomic mass is 9.98. The minimum Gasteiger partial charge on any atom is -0.481 e. The summed E-state index contributed by atoms with van der Waals surface area (Å²) in [5.74, 6) is 0.212. The van der Waals surface area contributed by atoms with Gasteiger partial charge in [0, 0.05) is 25.0 Å². The number of piperidine rings is 1. The molecule has 2 aromatic rings. The first-order valence-corrected chi connectivity index (χ1v) is 9.97. The molecule has 3 heterocycles. The number of aliphatic carboxylic acids is 1. The first kappa shape index (κ1) is 18.0. The average Bonchev–Trinajstić information content (AvgIpc) is 2.86. The van der Waals surface area contributed by atoms with Crippen LogP contribution in [0.4, 0.5) is 11.5 Å². The minimum atomic E-state index is -0.653. The van der Waals surface area contributed by atoms with Gasteiger partial charge in [-0.1, -0.05) is 24.3 Å². The third kappa shape index (κ3) is 3.98. The minimum absolute atomic E-state index is 0.208. The number of carboxylic acid groups (broad SMARTS) is 1. The number of para-hydroxylation sites is 1. The maximum absolute atomic E-state index is 11.3. The summed E-state index contributed by atoms with van der Waals surface area (Å²) in [6.45, 7) is 3.52. The second-order valence-corrected chi connectivity index (χ2v) is 7.60. The summed E-state index contributed by atoms with van der Waals surface area (Å²) in [6, 6.07) is 12.8. The lowest BCUT2D eigenvalue weighted by molar-refractivity contribution is -0.143. The molecular weight excluding hydrogens is 338 g/mol. The van der Waals surface area contributed by atoms with Crippen LogP contribution in [0.2, 0.25) is 0 Å². The Morgan fingerprint density at radius 3 is 2.81 bits per heavy atom. The second kappa shape index (κ2) is 8.09. The molecule has 0 radical (unpaired) electrons. The van der Waals surface area contributed by atoms with E-state index in [9.17, 15) is 9.90 Å². The van der Waals surface area contributed by atoms with Crippen molar-refractivity contribution in [2.75, 3.05) is 31.1 Å². The Morgan fingerprint density at radius 2 is 1.93 bits per heavy atom. The molecule has 27 heavy (non-hydrogen) atoms. The van der Waals surface area contributed by atoms with E-state index in [0.29, 0.717) is 6.54 Å². The molecule has 1 saturated heterocycles. The molecule has 2 aliphatic heterocycles. The van der Waals surface area contributed by atoms with Gasteiger partial charge in [-0.05, 0) is 68.5 Å². The third-order valence-electron chi connectivity index (χ3n) is 5.78. The summed E-state index contributed by atoms with van der Waals surface area (Å²) >= 11 is 0. The summed E-state index contributed by atoms with van der Waals surface area (Å²) in [5, 5.41) is 9.29. The molecule has 5 heteroatoms. The van der Waals surface area contributed by atoms with Crippen LogP contribution in [0.5, 0.6) is 0 Å². The Balaban J connectivity index is 1.47. The van der Waals surface area contributed by atoms with Gasteiger partial charge in [-0.3, -0.25) is 4.79 Å². The van der Waals surface area contributed by atoms with Crippen molar-refractivity contribution in [3.63, 3.8) is 0 Å². The molecule has 2 aliphatic rings.